The van der Waals surface area contributed by atoms with Crippen LogP contribution in [0.1, 0.15) is 22.8 Å². The maximum absolute atomic E-state index is 12.3. The third-order valence-electron chi connectivity index (χ3n) is 3.61. The number of aromatic nitrogens is 3. The van der Waals surface area contributed by atoms with Gasteiger partial charge in [0.1, 0.15) is 5.75 Å². The van der Waals surface area contributed by atoms with E-state index in [2.05, 4.69) is 15.2 Å². The maximum Gasteiger partial charge on any atom is 0.209 e. The van der Waals surface area contributed by atoms with Gasteiger partial charge >= 0.3 is 0 Å². The number of nitrogens with one attached hydrogen (secondary N) is 1. The van der Waals surface area contributed by atoms with Crippen molar-refractivity contribution >= 4 is 17.5 Å². The van der Waals surface area contributed by atoms with Crippen molar-refractivity contribution in [3.05, 3.63) is 59.7 Å². The third-order valence-corrected chi connectivity index (χ3v) is 4.46. The van der Waals surface area contributed by atoms with Gasteiger partial charge in [0.15, 0.2) is 11.6 Å². The molecule has 1 aromatic heterocycles. The van der Waals surface area contributed by atoms with Crippen LogP contribution in [0.15, 0.2) is 53.7 Å². The summed E-state index contributed by atoms with van der Waals surface area (Å²) in [5.74, 6) is 1.80. The van der Waals surface area contributed by atoms with Crippen molar-refractivity contribution in [1.82, 2.24) is 15.2 Å². The molecule has 2 aromatic carbocycles. The highest BCUT2D eigenvalue weighted by Gasteiger charge is 2.11. The molecule has 0 aliphatic heterocycles. The Labute approximate surface area is 150 Å². The molecule has 0 aliphatic rings. The van der Waals surface area contributed by atoms with E-state index in [1.54, 1.807) is 12.1 Å². The number of ketones is 1. The van der Waals surface area contributed by atoms with Crippen molar-refractivity contribution in [2.75, 3.05) is 12.4 Å². The van der Waals surface area contributed by atoms with Crippen molar-refractivity contribution in [3.63, 3.8) is 0 Å². The lowest BCUT2D eigenvalue weighted by atomic mass is 10.1. The van der Waals surface area contributed by atoms with Gasteiger partial charge in [-0.3, -0.25) is 9.89 Å². The molecule has 0 atom stereocenters. The zero-order chi connectivity index (χ0) is 17.6. The van der Waals surface area contributed by atoms with E-state index in [0.717, 1.165) is 11.3 Å². The molecule has 1 heterocycles. The number of thioether (sulfide) groups is 1. The quantitative estimate of drug-likeness (QED) is 0.510. The fourth-order valence-corrected chi connectivity index (χ4v) is 2.96. The minimum atomic E-state index is 0.0368. The van der Waals surface area contributed by atoms with Gasteiger partial charge in [-0.15, -0.1) is 5.10 Å². The first-order chi connectivity index (χ1) is 12.2. The first kappa shape index (κ1) is 17.2. The van der Waals surface area contributed by atoms with Gasteiger partial charge in [-0.1, -0.05) is 41.6 Å². The monoisotopic (exact) mass is 353 g/mol. The van der Waals surface area contributed by atoms with Gasteiger partial charge in [0.2, 0.25) is 5.16 Å². The molecule has 0 saturated carbocycles. The fourth-order valence-electron chi connectivity index (χ4n) is 2.27. The van der Waals surface area contributed by atoms with Crippen LogP contribution in [0.25, 0.3) is 11.4 Å². The van der Waals surface area contributed by atoms with E-state index in [4.69, 9.17) is 4.74 Å². The minimum Gasteiger partial charge on any atom is -0.494 e. The van der Waals surface area contributed by atoms with Crippen LogP contribution >= 0.6 is 11.8 Å². The summed E-state index contributed by atoms with van der Waals surface area (Å²) in [6, 6.07) is 15.2. The number of carbonyl (C=O) groups is 1. The Kier molecular flexibility index (Phi) is 5.50. The van der Waals surface area contributed by atoms with Crippen LogP contribution in [-0.2, 0) is 0 Å². The molecule has 128 valence electrons. The zero-order valence-electron chi connectivity index (χ0n) is 14.2. The Hall–Kier alpha value is -2.60. The topological polar surface area (TPSA) is 67.9 Å². The number of H-pyrrole nitrogens is 1. The second-order valence-electron chi connectivity index (χ2n) is 5.50. The lowest BCUT2D eigenvalue weighted by molar-refractivity contribution is 0.102. The normalized spacial score (nSPS) is 10.6. The number of nitrogens with zero attached hydrogens (tertiary/aromatic N) is 2. The molecule has 25 heavy (non-hydrogen) atoms. The number of benzene rings is 2. The molecule has 0 radical (unpaired) electrons. The van der Waals surface area contributed by atoms with Crippen molar-refractivity contribution in [1.29, 1.82) is 0 Å². The van der Waals surface area contributed by atoms with Crippen molar-refractivity contribution < 1.29 is 9.53 Å². The number of aryl methyl sites for hydroxylation is 1. The third kappa shape index (κ3) is 4.48. The van der Waals surface area contributed by atoms with Gasteiger partial charge in [0, 0.05) is 11.1 Å². The predicted molar refractivity (Wildman–Crippen MR) is 99.2 cm³/mol. The van der Waals surface area contributed by atoms with Gasteiger partial charge in [-0.25, -0.2) is 4.98 Å². The molecular formula is C19H19N3O2S. The molecule has 5 nitrogen and oxygen atoms in total. The molecule has 3 rings (SSSR count). The SMILES string of the molecule is CCOc1ccc(C(=O)CSc2n[nH]c(-c3ccc(C)cc3)n2)cc1. The highest BCUT2D eigenvalue weighted by Crippen LogP contribution is 2.21. The van der Waals surface area contributed by atoms with Crippen LogP contribution in [0.5, 0.6) is 5.75 Å². The van der Waals surface area contributed by atoms with E-state index in [0.29, 0.717) is 28.9 Å². The van der Waals surface area contributed by atoms with Crippen LogP contribution in [0.4, 0.5) is 0 Å². The molecule has 3 aromatic rings. The summed E-state index contributed by atoms with van der Waals surface area (Å²) in [4.78, 5) is 16.7. The predicted octanol–water partition coefficient (Wildman–Crippen LogP) is 4.15. The minimum absolute atomic E-state index is 0.0368. The second kappa shape index (κ2) is 7.98. The first-order valence-corrected chi connectivity index (χ1v) is 9.02. The van der Waals surface area contributed by atoms with Crippen LogP contribution in [0, 0.1) is 6.92 Å². The first-order valence-electron chi connectivity index (χ1n) is 8.04. The molecular weight excluding hydrogens is 334 g/mol. The van der Waals surface area contributed by atoms with E-state index < -0.39 is 0 Å². The van der Waals surface area contributed by atoms with Gasteiger partial charge < -0.3 is 4.74 Å². The van der Waals surface area contributed by atoms with Gasteiger partial charge in [0.25, 0.3) is 0 Å². The smallest absolute Gasteiger partial charge is 0.209 e. The number of carbonyl (C=O) groups excluding carboxylic acids is 1. The van der Waals surface area contributed by atoms with E-state index in [9.17, 15) is 4.79 Å². The van der Waals surface area contributed by atoms with Gasteiger partial charge in [-0.05, 0) is 38.1 Å². The van der Waals surface area contributed by atoms with Crippen LogP contribution in [0.2, 0.25) is 0 Å². The van der Waals surface area contributed by atoms with Crippen LogP contribution in [0.3, 0.4) is 0 Å². The molecule has 0 unspecified atom stereocenters. The fraction of sp³-hybridized carbons (Fsp3) is 0.211. The lowest BCUT2D eigenvalue weighted by Crippen LogP contribution is -2.02. The Morgan fingerprint density at radius 2 is 1.84 bits per heavy atom. The Bertz CT molecular complexity index is 842. The van der Waals surface area contributed by atoms with E-state index in [1.807, 2.05) is 50.2 Å². The molecule has 0 spiro atoms. The van der Waals surface area contributed by atoms with Gasteiger partial charge in [0.05, 0.1) is 12.4 Å². The number of ether oxygens (including phenoxy) is 1. The number of hydrogen-bond acceptors (Lipinski definition) is 5. The standard InChI is InChI=1S/C19H19N3O2S/c1-3-24-16-10-8-14(9-11-16)17(23)12-25-19-20-18(21-22-19)15-6-4-13(2)5-7-15/h4-11H,3,12H2,1-2H3,(H,20,21,22). The summed E-state index contributed by atoms with van der Waals surface area (Å²) in [5, 5.41) is 7.66. The highest BCUT2D eigenvalue weighted by molar-refractivity contribution is 7.99. The van der Waals surface area contributed by atoms with Gasteiger partial charge in [-0.2, -0.15) is 0 Å². The molecule has 6 heteroatoms. The molecule has 0 saturated heterocycles. The van der Waals surface area contributed by atoms with Crippen LogP contribution in [-0.4, -0.2) is 33.3 Å². The maximum atomic E-state index is 12.3. The number of Topliss-reactive ketones (excluding diaryl/α,β-unsaturated/α-hetero) is 1. The summed E-state index contributed by atoms with van der Waals surface area (Å²) < 4.78 is 5.38. The summed E-state index contributed by atoms with van der Waals surface area (Å²) in [6.07, 6.45) is 0. The largest absolute Gasteiger partial charge is 0.494 e. The lowest BCUT2D eigenvalue weighted by Gasteiger charge is -2.03. The van der Waals surface area contributed by atoms with Crippen molar-refractivity contribution in [2.24, 2.45) is 0 Å². The van der Waals surface area contributed by atoms with Crippen molar-refractivity contribution in [3.8, 4) is 17.1 Å². The van der Waals surface area contributed by atoms with Crippen LogP contribution < -0.4 is 4.74 Å². The summed E-state index contributed by atoms with van der Waals surface area (Å²) in [6.45, 7) is 4.58. The molecule has 0 amide bonds. The number of hydrogen-bond donors (Lipinski definition) is 1. The molecule has 1 N–H and O–H groups in total. The van der Waals surface area contributed by atoms with E-state index >= 15 is 0 Å². The summed E-state index contributed by atoms with van der Waals surface area (Å²) in [5.41, 5.74) is 2.83. The molecule has 0 aliphatic carbocycles. The zero-order valence-corrected chi connectivity index (χ0v) is 15.0. The number of rotatable bonds is 7. The Morgan fingerprint density at radius 3 is 2.52 bits per heavy atom. The molecule has 0 bridgehead atoms. The second-order valence-corrected chi connectivity index (χ2v) is 6.44. The Morgan fingerprint density at radius 1 is 1.12 bits per heavy atom. The molecule has 0 fully saturated rings. The average Bonchev–Trinajstić information content (AvgIpc) is 3.10. The van der Waals surface area contributed by atoms with E-state index in [-0.39, 0.29) is 5.78 Å². The van der Waals surface area contributed by atoms with E-state index in [1.165, 1.54) is 17.3 Å². The van der Waals surface area contributed by atoms with Crippen molar-refractivity contribution in [2.45, 2.75) is 19.0 Å². The highest BCUT2D eigenvalue weighted by atomic mass is 32.2. The Balaban J connectivity index is 1.60. The summed E-state index contributed by atoms with van der Waals surface area (Å²) in [7, 11) is 0. The average molecular weight is 353 g/mol. The number of aromatic amines is 1. The summed E-state index contributed by atoms with van der Waals surface area (Å²) >= 11 is 1.32.